The molecule has 0 aliphatic heterocycles. The van der Waals surface area contributed by atoms with Crippen molar-refractivity contribution in [3.05, 3.63) is 0 Å². The van der Waals surface area contributed by atoms with E-state index in [1.807, 2.05) is 0 Å². The lowest BCUT2D eigenvalue weighted by molar-refractivity contribution is 0.316. The Morgan fingerprint density at radius 3 is 2.54 bits per heavy atom. The van der Waals surface area contributed by atoms with Gasteiger partial charge in [-0.3, -0.25) is 0 Å². The van der Waals surface area contributed by atoms with Crippen molar-refractivity contribution in [2.45, 2.75) is 46.5 Å². The Morgan fingerprint density at radius 2 is 2.00 bits per heavy atom. The summed E-state index contributed by atoms with van der Waals surface area (Å²) in [6.45, 7) is 7.10. The van der Waals surface area contributed by atoms with E-state index in [9.17, 15) is 4.57 Å². The van der Waals surface area contributed by atoms with Gasteiger partial charge in [-0.25, -0.2) is 0 Å². The molecule has 0 heterocycles. The van der Waals surface area contributed by atoms with Crippen LogP contribution in [0, 0.1) is 5.92 Å². The molecule has 0 rings (SSSR count). The van der Waals surface area contributed by atoms with Crippen molar-refractivity contribution in [1.82, 2.24) is 0 Å². The summed E-state index contributed by atoms with van der Waals surface area (Å²) in [7, 11) is -1.38. The summed E-state index contributed by atoms with van der Waals surface area (Å²) in [5.74, 6) is 0.623. The first-order valence-electron chi connectivity index (χ1n) is 5.24. The Labute approximate surface area is 82.9 Å². The zero-order valence-corrected chi connectivity index (χ0v) is 9.98. The molecule has 0 N–H and O–H groups in total. The summed E-state index contributed by atoms with van der Waals surface area (Å²) in [4.78, 5) is 0. The van der Waals surface area contributed by atoms with E-state index in [1.54, 1.807) is 0 Å². The maximum atomic E-state index is 11.2. The first kappa shape index (κ1) is 13.1. The molecular weight excluding hydrogens is 183 g/mol. The van der Waals surface area contributed by atoms with Crippen molar-refractivity contribution < 1.29 is 9.09 Å². The summed E-state index contributed by atoms with van der Waals surface area (Å²) < 4.78 is 16.4. The van der Waals surface area contributed by atoms with Crippen LogP contribution in [0.5, 0.6) is 0 Å². The van der Waals surface area contributed by atoms with Crippen molar-refractivity contribution >= 4 is 8.03 Å². The van der Waals surface area contributed by atoms with Crippen molar-refractivity contribution in [2.75, 3.05) is 12.8 Å². The van der Waals surface area contributed by atoms with Crippen LogP contribution >= 0.6 is 8.03 Å². The van der Waals surface area contributed by atoms with Gasteiger partial charge in [-0.1, -0.05) is 33.6 Å². The van der Waals surface area contributed by atoms with Crippen molar-refractivity contribution in [1.29, 1.82) is 0 Å². The van der Waals surface area contributed by atoms with Crippen LogP contribution in [0.4, 0.5) is 0 Å². The van der Waals surface area contributed by atoms with Gasteiger partial charge in [0.25, 0.3) is 0 Å². The predicted octanol–water partition coefficient (Wildman–Crippen LogP) is 3.98. The van der Waals surface area contributed by atoms with Gasteiger partial charge in [-0.2, -0.15) is 0 Å². The SMILES string of the molecule is CCCCCO[P+](=O)CCC(C)C. The lowest BCUT2D eigenvalue weighted by Crippen LogP contribution is -1.92. The van der Waals surface area contributed by atoms with Gasteiger partial charge in [0.2, 0.25) is 0 Å². The van der Waals surface area contributed by atoms with E-state index in [1.165, 1.54) is 12.8 Å². The minimum atomic E-state index is -1.38. The van der Waals surface area contributed by atoms with E-state index < -0.39 is 8.03 Å². The van der Waals surface area contributed by atoms with Crippen LogP contribution in [0.15, 0.2) is 0 Å². The maximum absolute atomic E-state index is 11.2. The molecule has 0 aliphatic rings. The lowest BCUT2D eigenvalue weighted by Gasteiger charge is -1.96. The highest BCUT2D eigenvalue weighted by atomic mass is 31.1. The molecule has 0 saturated heterocycles. The van der Waals surface area contributed by atoms with E-state index in [0.717, 1.165) is 19.0 Å². The van der Waals surface area contributed by atoms with Gasteiger partial charge >= 0.3 is 8.03 Å². The largest absolute Gasteiger partial charge is 0.508 e. The topological polar surface area (TPSA) is 26.3 Å². The van der Waals surface area contributed by atoms with Gasteiger partial charge in [0.1, 0.15) is 6.61 Å². The van der Waals surface area contributed by atoms with E-state index in [-0.39, 0.29) is 0 Å². The molecule has 2 nitrogen and oxygen atoms in total. The van der Waals surface area contributed by atoms with Gasteiger partial charge in [0.05, 0.1) is 0 Å². The molecule has 0 radical (unpaired) electrons. The zero-order valence-electron chi connectivity index (χ0n) is 9.08. The molecule has 0 aromatic carbocycles. The number of unbranched alkanes of at least 4 members (excludes halogenated alkanes) is 2. The molecule has 0 spiro atoms. The van der Waals surface area contributed by atoms with Gasteiger partial charge in [-0.15, -0.1) is 4.52 Å². The smallest absolute Gasteiger partial charge is 0.146 e. The molecule has 1 atom stereocenters. The van der Waals surface area contributed by atoms with Crippen LogP contribution in [0.25, 0.3) is 0 Å². The molecule has 1 unspecified atom stereocenters. The standard InChI is InChI=1S/C10H22O2P/c1-4-5-6-8-12-13(11)9-7-10(2)3/h10H,4-9H2,1-3H3/q+1. The average molecular weight is 205 g/mol. The first-order valence-corrected chi connectivity index (χ1v) is 6.60. The van der Waals surface area contributed by atoms with Crippen LogP contribution in [0.1, 0.15) is 46.5 Å². The molecule has 0 bridgehead atoms. The van der Waals surface area contributed by atoms with Crippen molar-refractivity contribution in [2.24, 2.45) is 5.92 Å². The highest BCUT2D eigenvalue weighted by Crippen LogP contribution is 2.25. The van der Waals surface area contributed by atoms with Crippen LogP contribution in [-0.4, -0.2) is 12.8 Å². The van der Waals surface area contributed by atoms with Crippen LogP contribution in [0.2, 0.25) is 0 Å². The highest BCUT2D eigenvalue weighted by Gasteiger charge is 2.16. The molecule has 0 amide bonds. The van der Waals surface area contributed by atoms with Crippen molar-refractivity contribution in [3.8, 4) is 0 Å². The summed E-state index contributed by atoms with van der Waals surface area (Å²) in [6.07, 6.45) is 5.13. The van der Waals surface area contributed by atoms with Crippen LogP contribution in [-0.2, 0) is 9.09 Å². The Kier molecular flexibility index (Phi) is 8.69. The molecule has 0 saturated carbocycles. The fraction of sp³-hybridized carbons (Fsp3) is 1.00. The fourth-order valence-electron chi connectivity index (χ4n) is 0.947. The third-order valence-electron chi connectivity index (χ3n) is 1.87. The van der Waals surface area contributed by atoms with E-state index in [0.29, 0.717) is 12.5 Å². The Balaban J connectivity index is 3.20. The van der Waals surface area contributed by atoms with Gasteiger partial charge in [0.15, 0.2) is 6.16 Å². The molecule has 78 valence electrons. The minimum Gasteiger partial charge on any atom is -0.146 e. The Hall–Kier alpha value is 0.0600. The number of hydrogen-bond acceptors (Lipinski definition) is 2. The summed E-state index contributed by atoms with van der Waals surface area (Å²) in [5.41, 5.74) is 0. The molecule has 3 heteroatoms. The normalized spacial score (nSPS) is 12.2. The predicted molar refractivity (Wildman–Crippen MR) is 57.4 cm³/mol. The lowest BCUT2D eigenvalue weighted by atomic mass is 10.2. The van der Waals surface area contributed by atoms with Gasteiger partial charge < -0.3 is 0 Å². The average Bonchev–Trinajstić information content (AvgIpc) is 2.09. The molecule has 13 heavy (non-hydrogen) atoms. The van der Waals surface area contributed by atoms with Gasteiger partial charge in [-0.05, 0) is 23.3 Å². The summed E-state index contributed by atoms with van der Waals surface area (Å²) in [6, 6.07) is 0. The second kappa shape index (κ2) is 8.65. The molecular formula is C10H22O2P+. The Bertz CT molecular complexity index is 135. The van der Waals surface area contributed by atoms with Crippen molar-refractivity contribution in [3.63, 3.8) is 0 Å². The molecule has 0 aromatic heterocycles. The zero-order chi connectivity index (χ0) is 10.1. The summed E-state index contributed by atoms with van der Waals surface area (Å²) >= 11 is 0. The van der Waals surface area contributed by atoms with Gasteiger partial charge in [0, 0.05) is 0 Å². The quantitative estimate of drug-likeness (QED) is 0.442. The van der Waals surface area contributed by atoms with Crippen LogP contribution < -0.4 is 0 Å². The Morgan fingerprint density at radius 1 is 1.31 bits per heavy atom. The maximum Gasteiger partial charge on any atom is 0.508 e. The molecule has 0 fully saturated rings. The molecule has 0 aromatic rings. The second-order valence-electron chi connectivity index (χ2n) is 3.78. The van der Waals surface area contributed by atoms with E-state index in [4.69, 9.17) is 4.52 Å². The fourth-order valence-corrected chi connectivity index (χ4v) is 2.14. The second-order valence-corrected chi connectivity index (χ2v) is 5.15. The summed E-state index contributed by atoms with van der Waals surface area (Å²) in [5, 5.41) is 0. The number of hydrogen-bond donors (Lipinski definition) is 0. The van der Waals surface area contributed by atoms with E-state index in [2.05, 4.69) is 20.8 Å². The number of rotatable bonds is 8. The third kappa shape index (κ3) is 9.98. The highest BCUT2D eigenvalue weighted by molar-refractivity contribution is 7.39. The van der Waals surface area contributed by atoms with Crippen LogP contribution in [0.3, 0.4) is 0 Å². The molecule has 0 aliphatic carbocycles. The first-order chi connectivity index (χ1) is 6.16. The third-order valence-corrected chi connectivity index (χ3v) is 2.97. The monoisotopic (exact) mass is 205 g/mol. The van der Waals surface area contributed by atoms with E-state index >= 15 is 0 Å². The minimum absolute atomic E-state index is 0.623.